The lowest BCUT2D eigenvalue weighted by atomic mass is 10.2. The molecule has 1 atom stereocenters. The normalized spacial score (nSPS) is 24.6. The number of rotatable bonds is 5. The average molecular weight is 236 g/mol. The van der Waals surface area contributed by atoms with Gasteiger partial charge in [0.05, 0.1) is 6.04 Å². The van der Waals surface area contributed by atoms with Crippen molar-refractivity contribution in [2.24, 2.45) is 0 Å². The van der Waals surface area contributed by atoms with E-state index in [0.717, 1.165) is 13.0 Å². The number of nitrogens with zero attached hydrogens (tertiary/aromatic N) is 3. The summed E-state index contributed by atoms with van der Waals surface area (Å²) in [5.74, 6) is 0.886. The second-order valence-electron chi connectivity index (χ2n) is 4.70. The SMILES string of the molecule is O=C1C(NC2CC2)CCN1CCc1ncon1. The van der Waals surface area contributed by atoms with E-state index in [0.29, 0.717) is 24.8 Å². The van der Waals surface area contributed by atoms with Gasteiger partial charge in [-0.1, -0.05) is 5.16 Å². The molecule has 1 saturated carbocycles. The van der Waals surface area contributed by atoms with Crippen molar-refractivity contribution in [1.29, 1.82) is 0 Å². The van der Waals surface area contributed by atoms with Gasteiger partial charge in [-0.2, -0.15) is 4.98 Å². The molecule has 1 aromatic rings. The number of carbonyl (C=O) groups is 1. The maximum absolute atomic E-state index is 12.0. The summed E-state index contributed by atoms with van der Waals surface area (Å²) in [6, 6.07) is 0.619. The molecule has 2 heterocycles. The fourth-order valence-electron chi connectivity index (χ4n) is 2.19. The highest BCUT2D eigenvalue weighted by molar-refractivity contribution is 5.84. The molecule has 1 unspecified atom stereocenters. The first-order chi connectivity index (χ1) is 8.33. The highest BCUT2D eigenvalue weighted by Gasteiger charge is 2.35. The van der Waals surface area contributed by atoms with Crippen molar-refractivity contribution in [3.8, 4) is 0 Å². The van der Waals surface area contributed by atoms with E-state index in [-0.39, 0.29) is 11.9 Å². The van der Waals surface area contributed by atoms with Crippen LogP contribution in [0, 0.1) is 0 Å². The van der Waals surface area contributed by atoms with Gasteiger partial charge in [-0.05, 0) is 19.3 Å². The summed E-state index contributed by atoms with van der Waals surface area (Å²) in [4.78, 5) is 17.9. The number of nitrogens with one attached hydrogen (secondary N) is 1. The second-order valence-corrected chi connectivity index (χ2v) is 4.70. The number of amides is 1. The zero-order valence-corrected chi connectivity index (χ0v) is 9.63. The first-order valence-corrected chi connectivity index (χ1v) is 6.13. The number of hydrogen-bond acceptors (Lipinski definition) is 5. The van der Waals surface area contributed by atoms with Crippen LogP contribution >= 0.6 is 0 Å². The van der Waals surface area contributed by atoms with Gasteiger partial charge in [0.1, 0.15) is 0 Å². The fraction of sp³-hybridized carbons (Fsp3) is 0.727. The van der Waals surface area contributed by atoms with E-state index < -0.39 is 0 Å². The Morgan fingerprint density at radius 2 is 2.35 bits per heavy atom. The van der Waals surface area contributed by atoms with Gasteiger partial charge in [0.15, 0.2) is 5.82 Å². The minimum absolute atomic E-state index is 0.0350. The van der Waals surface area contributed by atoms with Gasteiger partial charge in [-0.25, -0.2) is 0 Å². The monoisotopic (exact) mass is 236 g/mol. The Morgan fingerprint density at radius 1 is 1.47 bits per heavy atom. The van der Waals surface area contributed by atoms with E-state index >= 15 is 0 Å². The topological polar surface area (TPSA) is 71.3 Å². The Morgan fingerprint density at radius 3 is 3.06 bits per heavy atom. The van der Waals surface area contributed by atoms with Gasteiger partial charge in [-0.3, -0.25) is 4.79 Å². The summed E-state index contributed by atoms with van der Waals surface area (Å²) >= 11 is 0. The number of likely N-dealkylation sites (tertiary alicyclic amines) is 1. The van der Waals surface area contributed by atoms with Gasteiger partial charge >= 0.3 is 0 Å². The van der Waals surface area contributed by atoms with Crippen molar-refractivity contribution < 1.29 is 9.32 Å². The van der Waals surface area contributed by atoms with E-state index in [2.05, 4.69) is 20.0 Å². The third kappa shape index (κ3) is 2.46. The van der Waals surface area contributed by atoms with Gasteiger partial charge in [0.25, 0.3) is 0 Å². The molecular formula is C11H16N4O2. The largest absolute Gasteiger partial charge is 0.343 e. The van der Waals surface area contributed by atoms with Crippen LogP contribution in [-0.2, 0) is 11.2 Å². The second kappa shape index (κ2) is 4.44. The van der Waals surface area contributed by atoms with Crippen molar-refractivity contribution in [3.63, 3.8) is 0 Å². The zero-order chi connectivity index (χ0) is 11.7. The molecule has 1 aliphatic heterocycles. The lowest BCUT2D eigenvalue weighted by Gasteiger charge is -2.15. The van der Waals surface area contributed by atoms with Crippen LogP contribution in [0.2, 0.25) is 0 Å². The lowest BCUT2D eigenvalue weighted by molar-refractivity contribution is -0.129. The number of aromatic nitrogens is 2. The Kier molecular flexibility index (Phi) is 2.80. The molecule has 0 aromatic carbocycles. The molecule has 2 aliphatic rings. The van der Waals surface area contributed by atoms with Crippen LogP contribution in [0.25, 0.3) is 0 Å². The first-order valence-electron chi connectivity index (χ1n) is 6.13. The summed E-state index contributed by atoms with van der Waals surface area (Å²) in [6.45, 7) is 1.52. The third-order valence-electron chi connectivity index (χ3n) is 3.32. The van der Waals surface area contributed by atoms with E-state index in [4.69, 9.17) is 0 Å². The summed E-state index contributed by atoms with van der Waals surface area (Å²) in [6.07, 6.45) is 5.33. The summed E-state index contributed by atoms with van der Waals surface area (Å²) < 4.78 is 4.66. The predicted molar refractivity (Wildman–Crippen MR) is 59.1 cm³/mol. The molecule has 17 heavy (non-hydrogen) atoms. The molecule has 92 valence electrons. The molecule has 0 spiro atoms. The average Bonchev–Trinajstić information content (AvgIpc) is 2.86. The van der Waals surface area contributed by atoms with Crippen LogP contribution in [0.3, 0.4) is 0 Å². The van der Waals surface area contributed by atoms with Crippen molar-refractivity contribution in [2.45, 2.75) is 37.8 Å². The fourth-order valence-corrected chi connectivity index (χ4v) is 2.19. The molecule has 1 saturated heterocycles. The van der Waals surface area contributed by atoms with E-state index in [1.165, 1.54) is 19.2 Å². The van der Waals surface area contributed by atoms with Gasteiger partial charge in [0.2, 0.25) is 12.3 Å². The van der Waals surface area contributed by atoms with Crippen LogP contribution in [0.15, 0.2) is 10.9 Å². The molecule has 0 bridgehead atoms. The van der Waals surface area contributed by atoms with Crippen molar-refractivity contribution in [3.05, 3.63) is 12.2 Å². The molecule has 1 aliphatic carbocycles. The Labute approximate surface area is 99.4 Å². The summed E-state index contributed by atoms with van der Waals surface area (Å²) in [5.41, 5.74) is 0. The summed E-state index contributed by atoms with van der Waals surface area (Å²) in [5, 5.41) is 7.12. The maximum atomic E-state index is 12.0. The highest BCUT2D eigenvalue weighted by Crippen LogP contribution is 2.22. The lowest BCUT2D eigenvalue weighted by Crippen LogP contribution is -2.39. The predicted octanol–water partition coefficient (Wildman–Crippen LogP) is -0.0350. The van der Waals surface area contributed by atoms with Crippen LogP contribution in [0.4, 0.5) is 0 Å². The molecule has 2 fully saturated rings. The quantitative estimate of drug-likeness (QED) is 0.777. The standard InChI is InChI=1S/C11H16N4O2/c16-11-9(13-8-1-2-8)3-5-15(11)6-4-10-12-7-17-14-10/h7-9,13H,1-6H2. The summed E-state index contributed by atoms with van der Waals surface area (Å²) in [7, 11) is 0. The first kappa shape index (κ1) is 10.7. The van der Waals surface area contributed by atoms with Crippen LogP contribution in [-0.4, -0.2) is 46.1 Å². The van der Waals surface area contributed by atoms with Crippen molar-refractivity contribution in [1.82, 2.24) is 20.4 Å². The van der Waals surface area contributed by atoms with Crippen LogP contribution < -0.4 is 5.32 Å². The Hall–Kier alpha value is -1.43. The zero-order valence-electron chi connectivity index (χ0n) is 9.63. The Balaban J connectivity index is 1.49. The minimum Gasteiger partial charge on any atom is -0.343 e. The smallest absolute Gasteiger partial charge is 0.239 e. The van der Waals surface area contributed by atoms with E-state index in [1.54, 1.807) is 0 Å². The van der Waals surface area contributed by atoms with Crippen molar-refractivity contribution >= 4 is 5.91 Å². The van der Waals surface area contributed by atoms with Crippen LogP contribution in [0.1, 0.15) is 25.1 Å². The molecule has 3 rings (SSSR count). The van der Waals surface area contributed by atoms with Crippen LogP contribution in [0.5, 0.6) is 0 Å². The minimum atomic E-state index is 0.0350. The van der Waals surface area contributed by atoms with Gasteiger partial charge < -0.3 is 14.7 Å². The third-order valence-corrected chi connectivity index (χ3v) is 3.32. The molecule has 1 N–H and O–H groups in total. The molecule has 0 radical (unpaired) electrons. The Bertz CT molecular complexity index is 388. The van der Waals surface area contributed by atoms with E-state index in [1.807, 2.05) is 4.90 Å². The van der Waals surface area contributed by atoms with Gasteiger partial charge in [0, 0.05) is 25.6 Å². The molecule has 1 aromatic heterocycles. The van der Waals surface area contributed by atoms with E-state index in [9.17, 15) is 4.79 Å². The van der Waals surface area contributed by atoms with Gasteiger partial charge in [-0.15, -0.1) is 0 Å². The number of hydrogen-bond donors (Lipinski definition) is 1. The molecule has 6 heteroatoms. The molecule has 6 nitrogen and oxygen atoms in total. The van der Waals surface area contributed by atoms with Crippen molar-refractivity contribution in [2.75, 3.05) is 13.1 Å². The highest BCUT2D eigenvalue weighted by atomic mass is 16.5. The maximum Gasteiger partial charge on any atom is 0.239 e. The molecular weight excluding hydrogens is 220 g/mol. The number of carbonyl (C=O) groups excluding carboxylic acids is 1. The molecule has 1 amide bonds.